The van der Waals surface area contributed by atoms with Crippen LogP contribution in [0.15, 0.2) is 72.9 Å². The monoisotopic (exact) mass is 401 g/mol. The molecule has 4 aromatic rings. The molecule has 0 saturated heterocycles. The molecule has 1 amide bonds. The Morgan fingerprint density at radius 2 is 1.83 bits per heavy atom. The van der Waals surface area contributed by atoms with Gasteiger partial charge in [-0.1, -0.05) is 36.4 Å². The lowest BCUT2D eigenvalue weighted by Gasteiger charge is -2.07. The van der Waals surface area contributed by atoms with Crippen LogP contribution in [0.2, 0.25) is 0 Å². The molecule has 2 aromatic carbocycles. The number of aryl methyl sites for hydroxylation is 1. The third-order valence-corrected chi connectivity index (χ3v) is 5.20. The summed E-state index contributed by atoms with van der Waals surface area (Å²) >= 11 is 0. The summed E-state index contributed by atoms with van der Waals surface area (Å²) in [5.41, 5.74) is 4.79. The molecule has 0 radical (unpaired) electrons. The van der Waals surface area contributed by atoms with Crippen LogP contribution in [0.3, 0.4) is 0 Å². The number of carbonyl (C=O) groups excluding carboxylic acids is 1. The molecule has 4 nitrogen and oxygen atoms in total. The first-order chi connectivity index (χ1) is 14.7. The predicted molar refractivity (Wildman–Crippen MR) is 118 cm³/mol. The average molecular weight is 401 g/mol. The highest BCUT2D eigenvalue weighted by Gasteiger charge is 2.15. The number of benzene rings is 2. The van der Waals surface area contributed by atoms with Crippen LogP contribution in [0.1, 0.15) is 24.0 Å². The summed E-state index contributed by atoms with van der Waals surface area (Å²) in [5, 5.41) is 3.83. The van der Waals surface area contributed by atoms with E-state index in [0.29, 0.717) is 25.8 Å². The van der Waals surface area contributed by atoms with Gasteiger partial charge in [-0.05, 0) is 60.7 Å². The fourth-order valence-electron chi connectivity index (χ4n) is 3.71. The van der Waals surface area contributed by atoms with Gasteiger partial charge in [-0.3, -0.25) is 9.78 Å². The van der Waals surface area contributed by atoms with Gasteiger partial charge in [0.15, 0.2) is 0 Å². The van der Waals surface area contributed by atoms with Gasteiger partial charge in [0, 0.05) is 30.1 Å². The van der Waals surface area contributed by atoms with E-state index >= 15 is 0 Å². The van der Waals surface area contributed by atoms with E-state index in [9.17, 15) is 9.18 Å². The van der Waals surface area contributed by atoms with E-state index in [2.05, 4.69) is 27.4 Å². The molecule has 0 saturated carbocycles. The van der Waals surface area contributed by atoms with Crippen molar-refractivity contribution >= 4 is 16.8 Å². The van der Waals surface area contributed by atoms with Crippen molar-refractivity contribution in [2.75, 3.05) is 6.54 Å². The van der Waals surface area contributed by atoms with Crippen molar-refractivity contribution in [2.45, 2.75) is 25.7 Å². The minimum Gasteiger partial charge on any atom is -0.356 e. The van der Waals surface area contributed by atoms with Crippen LogP contribution in [-0.2, 0) is 17.6 Å². The third kappa shape index (κ3) is 4.74. The highest BCUT2D eigenvalue weighted by Crippen LogP contribution is 2.31. The number of halogens is 1. The molecule has 0 bridgehead atoms. The first-order valence-electron chi connectivity index (χ1n) is 10.2. The number of aromatic nitrogens is 2. The molecule has 152 valence electrons. The lowest BCUT2D eigenvalue weighted by Crippen LogP contribution is -2.25. The quantitative estimate of drug-likeness (QED) is 0.434. The molecule has 0 fully saturated rings. The molecule has 5 heteroatoms. The first-order valence-corrected chi connectivity index (χ1v) is 10.2. The van der Waals surface area contributed by atoms with E-state index in [1.807, 2.05) is 36.4 Å². The molecular formula is C25H24FN3O. The fraction of sp³-hybridized carbons (Fsp3) is 0.200. The highest BCUT2D eigenvalue weighted by molar-refractivity contribution is 5.90. The van der Waals surface area contributed by atoms with Crippen LogP contribution in [0.4, 0.5) is 4.39 Å². The van der Waals surface area contributed by atoms with E-state index in [4.69, 9.17) is 0 Å². The minimum atomic E-state index is -0.269. The van der Waals surface area contributed by atoms with E-state index in [0.717, 1.165) is 34.3 Å². The second-order valence-electron chi connectivity index (χ2n) is 7.32. The maximum atomic E-state index is 13.9. The number of hydrogen-bond donors (Lipinski definition) is 2. The summed E-state index contributed by atoms with van der Waals surface area (Å²) in [4.78, 5) is 20.0. The Bertz CT molecular complexity index is 1120. The molecule has 2 heterocycles. The molecule has 0 aliphatic heterocycles. The lowest BCUT2D eigenvalue weighted by molar-refractivity contribution is -0.121. The van der Waals surface area contributed by atoms with Crippen molar-refractivity contribution in [1.82, 2.24) is 15.3 Å². The SMILES string of the molecule is O=C(CCCc1c(-c2ccccn2)[nH]c2ccc(F)cc12)NCCc1ccccc1. The van der Waals surface area contributed by atoms with Gasteiger partial charge in [0.05, 0.1) is 11.4 Å². The van der Waals surface area contributed by atoms with Gasteiger partial charge in [0.25, 0.3) is 0 Å². The largest absolute Gasteiger partial charge is 0.356 e. The van der Waals surface area contributed by atoms with Crippen molar-refractivity contribution in [3.63, 3.8) is 0 Å². The number of aromatic amines is 1. The summed E-state index contributed by atoms with van der Waals surface area (Å²) in [6, 6.07) is 20.6. The number of fused-ring (bicyclic) bond motifs is 1. The number of hydrogen-bond acceptors (Lipinski definition) is 2. The van der Waals surface area contributed by atoms with Gasteiger partial charge in [-0.25, -0.2) is 4.39 Å². The smallest absolute Gasteiger partial charge is 0.220 e. The van der Waals surface area contributed by atoms with Crippen molar-refractivity contribution in [1.29, 1.82) is 0 Å². The van der Waals surface area contributed by atoms with Crippen molar-refractivity contribution in [3.05, 3.63) is 89.9 Å². The number of nitrogens with one attached hydrogen (secondary N) is 2. The number of carbonyl (C=O) groups is 1. The Balaban J connectivity index is 1.40. The van der Waals surface area contributed by atoms with Gasteiger partial charge in [-0.2, -0.15) is 0 Å². The molecule has 0 aliphatic rings. The van der Waals surface area contributed by atoms with E-state index < -0.39 is 0 Å². The maximum Gasteiger partial charge on any atom is 0.220 e. The minimum absolute atomic E-state index is 0.0383. The van der Waals surface area contributed by atoms with Crippen LogP contribution in [0.5, 0.6) is 0 Å². The Kier molecular flexibility index (Phi) is 6.18. The van der Waals surface area contributed by atoms with Crippen LogP contribution in [0, 0.1) is 5.82 Å². The normalized spacial score (nSPS) is 11.0. The molecule has 0 aliphatic carbocycles. The second-order valence-corrected chi connectivity index (χ2v) is 7.32. The Morgan fingerprint density at radius 1 is 1.00 bits per heavy atom. The molecule has 2 N–H and O–H groups in total. The number of pyridine rings is 1. The zero-order chi connectivity index (χ0) is 20.8. The summed E-state index contributed by atoms with van der Waals surface area (Å²) in [6.45, 7) is 0.625. The Hall–Kier alpha value is -3.47. The Labute approximate surface area is 175 Å². The van der Waals surface area contributed by atoms with Gasteiger partial charge in [-0.15, -0.1) is 0 Å². The zero-order valence-electron chi connectivity index (χ0n) is 16.7. The van der Waals surface area contributed by atoms with Crippen molar-refractivity contribution < 1.29 is 9.18 Å². The Morgan fingerprint density at radius 3 is 2.63 bits per heavy atom. The van der Waals surface area contributed by atoms with Crippen molar-refractivity contribution in [3.8, 4) is 11.4 Å². The number of amides is 1. The maximum absolute atomic E-state index is 13.9. The standard InChI is InChI=1S/C25H24FN3O/c26-19-12-13-22-21(17-19)20(25(29-22)23-10-4-5-15-27-23)9-6-11-24(30)28-16-14-18-7-2-1-3-8-18/h1-5,7-8,10,12-13,15,17,29H,6,9,11,14,16H2,(H,28,30). The molecule has 30 heavy (non-hydrogen) atoms. The van der Waals surface area contributed by atoms with Crippen LogP contribution < -0.4 is 5.32 Å². The van der Waals surface area contributed by atoms with E-state index in [-0.39, 0.29) is 11.7 Å². The number of H-pyrrole nitrogens is 1. The van der Waals surface area contributed by atoms with Crippen molar-refractivity contribution in [2.24, 2.45) is 0 Å². The van der Waals surface area contributed by atoms with Gasteiger partial charge in [0.1, 0.15) is 5.82 Å². The molecule has 2 aromatic heterocycles. The second kappa shape index (κ2) is 9.35. The first kappa shape index (κ1) is 19.8. The molecule has 0 atom stereocenters. The molecule has 4 rings (SSSR count). The number of rotatable bonds is 8. The highest BCUT2D eigenvalue weighted by atomic mass is 19.1. The lowest BCUT2D eigenvalue weighted by atomic mass is 10.0. The topological polar surface area (TPSA) is 57.8 Å². The summed E-state index contributed by atoms with van der Waals surface area (Å²) < 4.78 is 13.9. The average Bonchev–Trinajstić information content (AvgIpc) is 3.13. The third-order valence-electron chi connectivity index (χ3n) is 5.20. The van der Waals surface area contributed by atoms with Gasteiger partial charge in [0.2, 0.25) is 5.91 Å². The summed E-state index contributed by atoms with van der Waals surface area (Å²) in [7, 11) is 0. The van der Waals surface area contributed by atoms with Gasteiger partial charge < -0.3 is 10.3 Å². The van der Waals surface area contributed by atoms with Gasteiger partial charge >= 0.3 is 0 Å². The fourth-order valence-corrected chi connectivity index (χ4v) is 3.71. The van der Waals surface area contributed by atoms with Crippen LogP contribution in [-0.4, -0.2) is 22.4 Å². The molecule has 0 spiro atoms. The predicted octanol–water partition coefficient (Wildman–Crippen LogP) is 5.05. The number of nitrogens with zero attached hydrogens (tertiary/aromatic N) is 1. The van der Waals surface area contributed by atoms with E-state index in [1.54, 1.807) is 18.3 Å². The summed E-state index contributed by atoms with van der Waals surface area (Å²) in [6.07, 6.45) is 4.34. The van der Waals surface area contributed by atoms with E-state index in [1.165, 1.54) is 11.6 Å². The molecular weight excluding hydrogens is 377 g/mol. The zero-order valence-corrected chi connectivity index (χ0v) is 16.7. The van der Waals surface area contributed by atoms with Crippen LogP contribution in [0.25, 0.3) is 22.3 Å². The summed E-state index contributed by atoms with van der Waals surface area (Å²) in [5.74, 6) is -0.231. The molecule has 0 unspecified atom stereocenters. The van der Waals surface area contributed by atoms with Crippen LogP contribution >= 0.6 is 0 Å².